The fourth-order valence-corrected chi connectivity index (χ4v) is 2.18. The topological polar surface area (TPSA) is 23.9 Å². The Balaban J connectivity index is 0.000000360. The monoisotopic (exact) mass is 208 g/mol. The van der Waals surface area contributed by atoms with Crippen molar-refractivity contribution in [3.63, 3.8) is 0 Å². The summed E-state index contributed by atoms with van der Waals surface area (Å²) in [6.07, 6.45) is 0. The summed E-state index contributed by atoms with van der Waals surface area (Å²) in [4.78, 5) is 0. The maximum atomic E-state index is 6.97. The van der Waals surface area contributed by atoms with Crippen molar-refractivity contribution < 1.29 is 32.7 Å². The third kappa shape index (κ3) is 3.12. The van der Waals surface area contributed by atoms with Gasteiger partial charge in [0.2, 0.25) is 0 Å². The van der Waals surface area contributed by atoms with E-state index in [2.05, 4.69) is 0 Å². The third-order valence-electron chi connectivity index (χ3n) is 0.550. The SMILES string of the molecule is N=C1SCCS1.[Y]. The zero-order valence-corrected chi connectivity index (χ0v) is 8.28. The summed E-state index contributed by atoms with van der Waals surface area (Å²) in [5.41, 5.74) is 0. The Kier molecular flexibility index (Phi) is 5.28. The molecule has 0 saturated carbocycles. The van der Waals surface area contributed by atoms with E-state index < -0.39 is 0 Å². The van der Waals surface area contributed by atoms with Gasteiger partial charge in [0.1, 0.15) is 4.38 Å². The molecule has 7 heavy (non-hydrogen) atoms. The summed E-state index contributed by atoms with van der Waals surface area (Å²) >= 11 is 3.29. The molecule has 1 radical (unpaired) electrons. The third-order valence-corrected chi connectivity index (χ3v) is 2.86. The number of thioether (sulfide) groups is 2. The molecule has 1 heterocycles. The van der Waals surface area contributed by atoms with Gasteiger partial charge in [-0.1, -0.05) is 23.5 Å². The minimum absolute atomic E-state index is 0. The molecule has 1 aliphatic heterocycles. The van der Waals surface area contributed by atoms with Gasteiger partial charge in [0, 0.05) is 44.2 Å². The van der Waals surface area contributed by atoms with Gasteiger partial charge in [0.25, 0.3) is 0 Å². The predicted octanol–water partition coefficient (Wildman–Crippen LogP) is 1.40. The first-order valence-corrected chi connectivity index (χ1v) is 3.71. The Hall–Kier alpha value is 1.47. The molecule has 4 heteroatoms. The van der Waals surface area contributed by atoms with Crippen molar-refractivity contribution in [3.8, 4) is 0 Å². The second-order valence-electron chi connectivity index (χ2n) is 0.984. The van der Waals surface area contributed by atoms with Gasteiger partial charge in [0.05, 0.1) is 0 Å². The standard InChI is InChI=1S/C3H5NS2.Y/c4-3-5-1-2-6-3;/h4H,1-2H2;. The van der Waals surface area contributed by atoms with Gasteiger partial charge in [-0.15, -0.1) is 0 Å². The minimum atomic E-state index is 0. The molecule has 0 aromatic carbocycles. The molecule has 1 fully saturated rings. The van der Waals surface area contributed by atoms with E-state index in [4.69, 9.17) is 5.41 Å². The quantitative estimate of drug-likeness (QED) is 0.650. The first kappa shape index (κ1) is 8.47. The number of nitrogens with one attached hydrogen (secondary N) is 1. The molecular weight excluding hydrogens is 203 g/mol. The van der Waals surface area contributed by atoms with Crippen LogP contribution in [0.4, 0.5) is 0 Å². The average molecular weight is 208 g/mol. The molecule has 1 saturated heterocycles. The fourth-order valence-electron chi connectivity index (χ4n) is 0.310. The number of hydrogen-bond donors (Lipinski definition) is 1. The van der Waals surface area contributed by atoms with Crippen LogP contribution in [0.3, 0.4) is 0 Å². The molecular formula is C3H5NS2Y. The summed E-state index contributed by atoms with van der Waals surface area (Å²) in [7, 11) is 0. The van der Waals surface area contributed by atoms with Crippen LogP contribution in [-0.4, -0.2) is 15.9 Å². The normalized spacial score (nSPS) is 19.1. The van der Waals surface area contributed by atoms with Crippen LogP contribution >= 0.6 is 23.5 Å². The molecule has 1 rings (SSSR count). The van der Waals surface area contributed by atoms with Crippen LogP contribution in [0.15, 0.2) is 0 Å². The summed E-state index contributed by atoms with van der Waals surface area (Å²) < 4.78 is 0.787. The predicted molar refractivity (Wildman–Crippen MR) is 32.6 cm³/mol. The summed E-state index contributed by atoms with van der Waals surface area (Å²) in [6.45, 7) is 0. The number of hydrogen-bond acceptors (Lipinski definition) is 3. The van der Waals surface area contributed by atoms with Crippen LogP contribution < -0.4 is 0 Å². The van der Waals surface area contributed by atoms with Crippen LogP contribution in [0.25, 0.3) is 0 Å². The largest absolute Gasteiger partial charge is 0.288 e. The Morgan fingerprint density at radius 2 is 1.71 bits per heavy atom. The van der Waals surface area contributed by atoms with Crippen molar-refractivity contribution in [3.05, 3.63) is 0 Å². The molecule has 1 nitrogen and oxygen atoms in total. The summed E-state index contributed by atoms with van der Waals surface area (Å²) in [6, 6.07) is 0. The molecule has 1 N–H and O–H groups in total. The molecule has 0 aromatic heterocycles. The number of rotatable bonds is 0. The van der Waals surface area contributed by atoms with Gasteiger partial charge in [-0.3, -0.25) is 5.41 Å². The fraction of sp³-hybridized carbons (Fsp3) is 0.667. The van der Waals surface area contributed by atoms with Crippen LogP contribution in [-0.2, 0) is 32.7 Å². The summed E-state index contributed by atoms with van der Waals surface area (Å²) in [5.74, 6) is 2.28. The van der Waals surface area contributed by atoms with Crippen molar-refractivity contribution in [1.29, 1.82) is 5.41 Å². The Morgan fingerprint density at radius 1 is 1.29 bits per heavy atom. The average Bonchev–Trinajstić information content (AvgIpc) is 1.86. The van der Waals surface area contributed by atoms with E-state index >= 15 is 0 Å². The molecule has 0 atom stereocenters. The van der Waals surface area contributed by atoms with Crippen molar-refractivity contribution in [2.75, 3.05) is 11.5 Å². The Morgan fingerprint density at radius 3 is 1.86 bits per heavy atom. The Bertz CT molecular complexity index is 67.3. The first-order chi connectivity index (χ1) is 2.89. The summed E-state index contributed by atoms with van der Waals surface area (Å²) in [5, 5.41) is 6.97. The molecule has 0 amide bonds. The Labute approximate surface area is 76.8 Å². The van der Waals surface area contributed by atoms with E-state index in [1.165, 1.54) is 0 Å². The molecule has 0 unspecified atom stereocenters. The molecule has 37 valence electrons. The maximum absolute atomic E-state index is 6.97. The first-order valence-electron chi connectivity index (χ1n) is 1.74. The molecule has 1 aliphatic rings. The van der Waals surface area contributed by atoms with Gasteiger partial charge in [-0.2, -0.15) is 0 Å². The van der Waals surface area contributed by atoms with E-state index in [9.17, 15) is 0 Å². The van der Waals surface area contributed by atoms with Gasteiger partial charge < -0.3 is 0 Å². The zero-order valence-electron chi connectivity index (χ0n) is 3.81. The van der Waals surface area contributed by atoms with Crippen LogP contribution in [0.1, 0.15) is 0 Å². The smallest absolute Gasteiger partial charge is 0.121 e. The maximum Gasteiger partial charge on any atom is 0.121 e. The second-order valence-corrected chi connectivity index (χ2v) is 3.45. The van der Waals surface area contributed by atoms with Gasteiger partial charge in [-0.25, -0.2) is 0 Å². The van der Waals surface area contributed by atoms with E-state index in [-0.39, 0.29) is 32.7 Å². The van der Waals surface area contributed by atoms with Crippen molar-refractivity contribution in [1.82, 2.24) is 0 Å². The second kappa shape index (κ2) is 4.36. The van der Waals surface area contributed by atoms with Gasteiger partial charge in [-0.05, 0) is 0 Å². The van der Waals surface area contributed by atoms with E-state index in [1.54, 1.807) is 23.5 Å². The van der Waals surface area contributed by atoms with E-state index in [1.807, 2.05) is 0 Å². The molecule has 0 spiro atoms. The zero-order chi connectivity index (χ0) is 4.41. The van der Waals surface area contributed by atoms with Crippen molar-refractivity contribution in [2.24, 2.45) is 0 Å². The molecule has 0 bridgehead atoms. The molecule has 0 aromatic rings. The minimum Gasteiger partial charge on any atom is -0.288 e. The van der Waals surface area contributed by atoms with Crippen LogP contribution in [0.2, 0.25) is 0 Å². The van der Waals surface area contributed by atoms with Gasteiger partial charge in [0.15, 0.2) is 0 Å². The van der Waals surface area contributed by atoms with E-state index in [0.29, 0.717) is 0 Å². The van der Waals surface area contributed by atoms with Crippen molar-refractivity contribution in [2.45, 2.75) is 0 Å². The van der Waals surface area contributed by atoms with E-state index in [0.717, 1.165) is 15.9 Å². The van der Waals surface area contributed by atoms with Crippen molar-refractivity contribution >= 4 is 27.9 Å². The van der Waals surface area contributed by atoms with Crippen LogP contribution in [0, 0.1) is 5.41 Å². The molecule has 0 aliphatic carbocycles. The van der Waals surface area contributed by atoms with Gasteiger partial charge >= 0.3 is 0 Å². The van der Waals surface area contributed by atoms with Crippen LogP contribution in [0.5, 0.6) is 0 Å².